The van der Waals surface area contributed by atoms with Crippen molar-refractivity contribution in [3.8, 4) is 0 Å². The number of ether oxygens (including phenoxy) is 3. The minimum absolute atomic E-state index is 0.0446. The third-order valence-corrected chi connectivity index (χ3v) is 5.24. The molecule has 0 aromatic carbocycles. The zero-order valence-electron chi connectivity index (χ0n) is 13.1. The fraction of sp³-hybridized carbons (Fsp3) is 0.938. The molecule has 1 N–H and O–H groups in total. The molecule has 5 nitrogen and oxygen atoms in total. The first-order valence-corrected chi connectivity index (χ1v) is 7.98. The van der Waals surface area contributed by atoms with E-state index in [0.717, 1.165) is 12.8 Å². The summed E-state index contributed by atoms with van der Waals surface area (Å²) in [5, 5.41) is 9.57. The minimum Gasteiger partial charge on any atom is -0.481 e. The van der Waals surface area contributed by atoms with Crippen molar-refractivity contribution in [2.75, 3.05) is 19.8 Å². The predicted octanol–water partition coefficient (Wildman–Crippen LogP) is 2.29. The lowest BCUT2D eigenvalue weighted by Crippen LogP contribution is -2.47. The normalized spacial score (nSPS) is 40.3. The molecule has 4 atom stereocenters. The molecule has 21 heavy (non-hydrogen) atoms. The molecule has 120 valence electrons. The predicted molar refractivity (Wildman–Crippen MR) is 75.8 cm³/mol. The molecule has 3 fully saturated rings. The van der Waals surface area contributed by atoms with Gasteiger partial charge in [-0.25, -0.2) is 0 Å². The van der Waals surface area contributed by atoms with E-state index in [4.69, 9.17) is 14.2 Å². The molecule has 5 heteroatoms. The largest absolute Gasteiger partial charge is 0.481 e. The van der Waals surface area contributed by atoms with Crippen LogP contribution in [0.5, 0.6) is 0 Å². The third kappa shape index (κ3) is 2.71. The second-order valence-corrected chi connectivity index (χ2v) is 7.58. The molecule has 1 aliphatic heterocycles. The van der Waals surface area contributed by atoms with E-state index in [1.807, 2.05) is 6.92 Å². The number of carbonyl (C=O) groups is 1. The van der Waals surface area contributed by atoms with E-state index in [1.165, 1.54) is 0 Å². The quantitative estimate of drug-likeness (QED) is 0.866. The van der Waals surface area contributed by atoms with Gasteiger partial charge in [-0.05, 0) is 25.2 Å². The van der Waals surface area contributed by atoms with Crippen LogP contribution < -0.4 is 0 Å². The average Bonchev–Trinajstić information content (AvgIpc) is 2.88. The van der Waals surface area contributed by atoms with Gasteiger partial charge < -0.3 is 19.3 Å². The highest BCUT2D eigenvalue weighted by Crippen LogP contribution is 2.55. The number of carboxylic acids is 1. The number of aliphatic carboxylic acids is 1. The van der Waals surface area contributed by atoms with Gasteiger partial charge in [0.15, 0.2) is 5.79 Å². The molecule has 1 unspecified atom stereocenters. The van der Waals surface area contributed by atoms with Crippen LogP contribution in [0.1, 0.15) is 40.0 Å². The van der Waals surface area contributed by atoms with Gasteiger partial charge in [0, 0.05) is 24.9 Å². The Morgan fingerprint density at radius 2 is 1.95 bits per heavy atom. The van der Waals surface area contributed by atoms with Gasteiger partial charge in [-0.15, -0.1) is 0 Å². The third-order valence-electron chi connectivity index (χ3n) is 5.24. The molecule has 0 amide bonds. The summed E-state index contributed by atoms with van der Waals surface area (Å²) < 4.78 is 17.8. The van der Waals surface area contributed by atoms with Crippen LogP contribution in [0.2, 0.25) is 0 Å². The number of rotatable bonds is 3. The molecule has 0 aromatic heterocycles. The highest BCUT2D eigenvalue weighted by molar-refractivity contribution is 5.72. The SMILES string of the molecule is CCO[C@@H]1C[C@@H]2CC3(C[C@@H]2C1C(=O)O)OCC(C)(C)CO3. The summed E-state index contributed by atoms with van der Waals surface area (Å²) in [7, 11) is 0. The molecule has 3 rings (SSSR count). The van der Waals surface area contributed by atoms with Crippen molar-refractivity contribution in [1.29, 1.82) is 0 Å². The number of fused-ring (bicyclic) bond motifs is 1. The standard InChI is InChI=1S/C16H26O5/c1-4-19-12-5-10-6-16(7-11(10)13(12)14(17)18)20-8-15(2,3)9-21-16/h10-13H,4-9H2,1-3H3,(H,17,18)/t10-,11+,12-,13?/m1/s1. The average molecular weight is 298 g/mol. The summed E-state index contributed by atoms with van der Waals surface area (Å²) in [6, 6.07) is 0. The Morgan fingerprint density at radius 1 is 1.29 bits per heavy atom. The first kappa shape index (κ1) is 15.3. The summed E-state index contributed by atoms with van der Waals surface area (Å²) in [5.74, 6) is -1.26. The van der Waals surface area contributed by atoms with Gasteiger partial charge in [-0.2, -0.15) is 0 Å². The first-order chi connectivity index (χ1) is 9.86. The summed E-state index contributed by atoms with van der Waals surface area (Å²) in [6.07, 6.45) is 2.16. The van der Waals surface area contributed by atoms with Crippen LogP contribution in [0, 0.1) is 23.2 Å². The molecular formula is C16H26O5. The Bertz CT molecular complexity index is 409. The van der Waals surface area contributed by atoms with E-state index >= 15 is 0 Å². The molecule has 1 spiro atoms. The summed E-state index contributed by atoms with van der Waals surface area (Å²) in [6.45, 7) is 8.10. The van der Waals surface area contributed by atoms with Crippen LogP contribution in [0.3, 0.4) is 0 Å². The maximum atomic E-state index is 11.6. The van der Waals surface area contributed by atoms with Crippen molar-refractivity contribution in [1.82, 2.24) is 0 Å². The van der Waals surface area contributed by atoms with Crippen molar-refractivity contribution < 1.29 is 24.1 Å². The van der Waals surface area contributed by atoms with Crippen molar-refractivity contribution in [2.45, 2.75) is 51.9 Å². The summed E-state index contributed by atoms with van der Waals surface area (Å²) in [5.41, 5.74) is 0.0446. The number of carboxylic acid groups (broad SMARTS) is 1. The smallest absolute Gasteiger partial charge is 0.309 e. The second-order valence-electron chi connectivity index (χ2n) is 7.58. The highest BCUT2D eigenvalue weighted by Gasteiger charge is 2.59. The lowest BCUT2D eigenvalue weighted by atomic mass is 9.90. The highest BCUT2D eigenvalue weighted by atomic mass is 16.7. The van der Waals surface area contributed by atoms with Crippen molar-refractivity contribution in [3.05, 3.63) is 0 Å². The molecule has 0 radical (unpaired) electrons. The van der Waals surface area contributed by atoms with Crippen LogP contribution in [0.25, 0.3) is 0 Å². The Balaban J connectivity index is 1.72. The van der Waals surface area contributed by atoms with Crippen molar-refractivity contribution in [3.63, 3.8) is 0 Å². The molecule has 1 heterocycles. The van der Waals surface area contributed by atoms with Gasteiger partial charge in [-0.3, -0.25) is 4.79 Å². The van der Waals surface area contributed by atoms with Crippen molar-refractivity contribution >= 4 is 5.97 Å². The Hall–Kier alpha value is -0.650. The van der Waals surface area contributed by atoms with Crippen LogP contribution in [0.15, 0.2) is 0 Å². The van der Waals surface area contributed by atoms with E-state index in [9.17, 15) is 9.90 Å². The lowest BCUT2D eigenvalue weighted by Gasteiger charge is -2.42. The maximum Gasteiger partial charge on any atom is 0.309 e. The van der Waals surface area contributed by atoms with E-state index < -0.39 is 17.7 Å². The topological polar surface area (TPSA) is 65.0 Å². The minimum atomic E-state index is -0.742. The van der Waals surface area contributed by atoms with Gasteiger partial charge in [0.1, 0.15) is 0 Å². The molecule has 2 aliphatic carbocycles. The first-order valence-electron chi connectivity index (χ1n) is 7.98. The van der Waals surface area contributed by atoms with Crippen molar-refractivity contribution in [2.24, 2.45) is 23.2 Å². The van der Waals surface area contributed by atoms with Gasteiger partial charge in [0.25, 0.3) is 0 Å². The molecular weight excluding hydrogens is 272 g/mol. The molecule has 3 aliphatic rings. The van der Waals surface area contributed by atoms with E-state index in [2.05, 4.69) is 13.8 Å². The van der Waals surface area contributed by atoms with Crippen LogP contribution >= 0.6 is 0 Å². The van der Waals surface area contributed by atoms with Crippen LogP contribution in [0.4, 0.5) is 0 Å². The summed E-state index contributed by atoms with van der Waals surface area (Å²) >= 11 is 0. The van der Waals surface area contributed by atoms with Gasteiger partial charge >= 0.3 is 5.97 Å². The van der Waals surface area contributed by atoms with Gasteiger partial charge in [0.2, 0.25) is 0 Å². The van der Waals surface area contributed by atoms with Crippen LogP contribution in [-0.2, 0) is 19.0 Å². The molecule has 2 saturated carbocycles. The molecule has 1 saturated heterocycles. The Labute approximate surface area is 125 Å². The lowest BCUT2D eigenvalue weighted by molar-refractivity contribution is -0.298. The number of hydrogen-bond donors (Lipinski definition) is 1. The zero-order chi connectivity index (χ0) is 15.3. The monoisotopic (exact) mass is 298 g/mol. The summed E-state index contributed by atoms with van der Waals surface area (Å²) in [4.78, 5) is 11.6. The molecule has 0 aromatic rings. The van der Waals surface area contributed by atoms with Gasteiger partial charge in [0.05, 0.1) is 25.2 Å². The number of hydrogen-bond acceptors (Lipinski definition) is 4. The second kappa shape index (κ2) is 5.21. The maximum absolute atomic E-state index is 11.6. The van der Waals surface area contributed by atoms with Crippen LogP contribution in [-0.4, -0.2) is 42.8 Å². The van der Waals surface area contributed by atoms with E-state index in [0.29, 0.717) is 32.2 Å². The fourth-order valence-corrected chi connectivity index (χ4v) is 4.26. The van der Waals surface area contributed by atoms with E-state index in [1.54, 1.807) is 0 Å². The Kier molecular flexibility index (Phi) is 3.79. The van der Waals surface area contributed by atoms with Gasteiger partial charge in [-0.1, -0.05) is 13.8 Å². The Morgan fingerprint density at radius 3 is 2.52 bits per heavy atom. The van der Waals surface area contributed by atoms with E-state index in [-0.39, 0.29) is 17.4 Å². The zero-order valence-corrected chi connectivity index (χ0v) is 13.1. The fourth-order valence-electron chi connectivity index (χ4n) is 4.26. The molecule has 0 bridgehead atoms.